The molecule has 1 aliphatic carbocycles. The highest BCUT2D eigenvalue weighted by atomic mass is 79.9. The number of carbonyl (C=O) groups excluding carboxylic acids is 2. The number of aryl methyl sites for hydroxylation is 2. The fourth-order valence-corrected chi connectivity index (χ4v) is 4.74. The SMILES string of the molecule is Cn1ncc(Br)c1C(=O)Nc1sc2c(c1C(N)=O)CCCCC2. The maximum absolute atomic E-state index is 12.5. The van der Waals surface area contributed by atoms with Crippen molar-refractivity contribution in [1.82, 2.24) is 9.78 Å². The van der Waals surface area contributed by atoms with E-state index in [9.17, 15) is 9.59 Å². The summed E-state index contributed by atoms with van der Waals surface area (Å²) in [5.74, 6) is -0.792. The Hall–Kier alpha value is -1.67. The van der Waals surface area contributed by atoms with Crippen LogP contribution < -0.4 is 11.1 Å². The van der Waals surface area contributed by atoms with Gasteiger partial charge in [0, 0.05) is 11.9 Å². The molecule has 0 spiro atoms. The second-order valence-electron chi connectivity index (χ2n) is 5.55. The van der Waals surface area contributed by atoms with E-state index in [4.69, 9.17) is 5.73 Å². The summed E-state index contributed by atoms with van der Waals surface area (Å²) in [4.78, 5) is 25.6. The van der Waals surface area contributed by atoms with E-state index in [0.717, 1.165) is 42.5 Å². The molecule has 2 aromatic rings. The zero-order valence-electron chi connectivity index (χ0n) is 12.7. The van der Waals surface area contributed by atoms with Crippen molar-refractivity contribution < 1.29 is 9.59 Å². The summed E-state index contributed by atoms with van der Waals surface area (Å²) in [7, 11) is 1.69. The minimum Gasteiger partial charge on any atom is -0.365 e. The number of thiophene rings is 1. The Morgan fingerprint density at radius 2 is 2.09 bits per heavy atom. The molecule has 0 unspecified atom stereocenters. The number of amides is 2. The van der Waals surface area contributed by atoms with Gasteiger partial charge >= 0.3 is 0 Å². The molecular formula is C15H17BrN4O2S. The van der Waals surface area contributed by atoms with E-state index < -0.39 is 5.91 Å². The molecule has 0 fully saturated rings. The highest BCUT2D eigenvalue weighted by molar-refractivity contribution is 9.10. The summed E-state index contributed by atoms with van der Waals surface area (Å²) in [6.45, 7) is 0. The molecule has 6 nitrogen and oxygen atoms in total. The second-order valence-corrected chi connectivity index (χ2v) is 7.51. The van der Waals surface area contributed by atoms with Gasteiger partial charge in [-0.1, -0.05) is 6.42 Å². The number of primary amides is 1. The van der Waals surface area contributed by atoms with Crippen LogP contribution in [0.2, 0.25) is 0 Å². The lowest BCUT2D eigenvalue weighted by atomic mass is 10.1. The number of fused-ring (bicyclic) bond motifs is 1. The average molecular weight is 397 g/mol. The van der Waals surface area contributed by atoms with Crippen molar-refractivity contribution in [3.8, 4) is 0 Å². The van der Waals surface area contributed by atoms with Gasteiger partial charge in [0.15, 0.2) is 0 Å². The van der Waals surface area contributed by atoms with Gasteiger partial charge in [0.05, 0.1) is 16.2 Å². The van der Waals surface area contributed by atoms with Gasteiger partial charge in [-0.15, -0.1) is 11.3 Å². The Balaban J connectivity index is 1.97. The van der Waals surface area contributed by atoms with Crippen LogP contribution in [0.15, 0.2) is 10.7 Å². The largest absolute Gasteiger partial charge is 0.365 e. The first-order chi connectivity index (χ1) is 11.0. The zero-order valence-corrected chi connectivity index (χ0v) is 15.1. The molecule has 0 atom stereocenters. The van der Waals surface area contributed by atoms with E-state index in [0.29, 0.717) is 20.7 Å². The van der Waals surface area contributed by atoms with Crippen molar-refractivity contribution in [2.24, 2.45) is 12.8 Å². The van der Waals surface area contributed by atoms with Crippen LogP contribution in [0.1, 0.15) is 50.5 Å². The molecule has 0 saturated heterocycles. The summed E-state index contributed by atoms with van der Waals surface area (Å²) >= 11 is 4.78. The number of nitrogens with zero attached hydrogens (tertiary/aromatic N) is 2. The molecule has 23 heavy (non-hydrogen) atoms. The molecule has 0 saturated carbocycles. The van der Waals surface area contributed by atoms with Gasteiger partial charge in [-0.05, 0) is 47.2 Å². The maximum atomic E-state index is 12.5. The molecule has 0 bridgehead atoms. The van der Waals surface area contributed by atoms with Crippen molar-refractivity contribution in [2.45, 2.75) is 32.1 Å². The third kappa shape index (κ3) is 3.05. The lowest BCUT2D eigenvalue weighted by Crippen LogP contribution is -2.20. The Labute approximate surface area is 146 Å². The van der Waals surface area contributed by atoms with Crippen LogP contribution in [0.3, 0.4) is 0 Å². The smallest absolute Gasteiger partial charge is 0.275 e. The molecular weight excluding hydrogens is 380 g/mol. The highest BCUT2D eigenvalue weighted by Gasteiger charge is 2.25. The number of hydrogen-bond donors (Lipinski definition) is 2. The molecule has 0 aromatic carbocycles. The van der Waals surface area contributed by atoms with Crippen LogP contribution in [-0.4, -0.2) is 21.6 Å². The Morgan fingerprint density at radius 1 is 1.35 bits per heavy atom. The molecule has 0 aliphatic heterocycles. The van der Waals surface area contributed by atoms with E-state index in [1.165, 1.54) is 16.0 Å². The quantitative estimate of drug-likeness (QED) is 0.781. The number of carbonyl (C=O) groups is 2. The average Bonchev–Trinajstić information content (AvgIpc) is 2.90. The molecule has 3 N–H and O–H groups in total. The fourth-order valence-electron chi connectivity index (χ4n) is 2.92. The molecule has 2 heterocycles. The normalized spacial score (nSPS) is 14.2. The van der Waals surface area contributed by atoms with Crippen molar-refractivity contribution in [3.05, 3.63) is 32.4 Å². The number of hydrogen-bond acceptors (Lipinski definition) is 4. The predicted octanol–water partition coefficient (Wildman–Crippen LogP) is 2.86. The van der Waals surface area contributed by atoms with E-state index >= 15 is 0 Å². The van der Waals surface area contributed by atoms with E-state index in [1.807, 2.05) is 0 Å². The van der Waals surface area contributed by atoms with Gasteiger partial charge in [0.1, 0.15) is 10.7 Å². The van der Waals surface area contributed by atoms with Gasteiger partial charge in [0.25, 0.3) is 11.8 Å². The molecule has 0 radical (unpaired) electrons. The van der Waals surface area contributed by atoms with Crippen molar-refractivity contribution in [3.63, 3.8) is 0 Å². The van der Waals surface area contributed by atoms with Gasteiger partial charge in [0.2, 0.25) is 0 Å². The first-order valence-electron chi connectivity index (χ1n) is 7.42. The Kier molecular flexibility index (Phi) is 4.54. The number of anilines is 1. The van der Waals surface area contributed by atoms with Crippen LogP contribution in [-0.2, 0) is 19.9 Å². The monoisotopic (exact) mass is 396 g/mol. The van der Waals surface area contributed by atoms with Crippen molar-refractivity contribution >= 4 is 44.1 Å². The Bertz CT molecular complexity index is 761. The molecule has 2 aromatic heterocycles. The number of aromatic nitrogens is 2. The first kappa shape index (κ1) is 16.2. The van der Waals surface area contributed by atoms with E-state index in [-0.39, 0.29) is 5.91 Å². The minimum absolute atomic E-state index is 0.309. The Morgan fingerprint density at radius 3 is 2.74 bits per heavy atom. The van der Waals surface area contributed by atoms with Crippen LogP contribution in [0.5, 0.6) is 0 Å². The summed E-state index contributed by atoms with van der Waals surface area (Å²) in [5.41, 5.74) is 7.47. The summed E-state index contributed by atoms with van der Waals surface area (Å²) < 4.78 is 2.10. The zero-order chi connectivity index (χ0) is 16.6. The highest BCUT2D eigenvalue weighted by Crippen LogP contribution is 2.37. The van der Waals surface area contributed by atoms with E-state index in [2.05, 4.69) is 26.3 Å². The number of rotatable bonds is 3. The van der Waals surface area contributed by atoms with Gasteiger partial charge < -0.3 is 11.1 Å². The summed E-state index contributed by atoms with van der Waals surface area (Å²) in [6.07, 6.45) is 6.65. The predicted molar refractivity (Wildman–Crippen MR) is 93.0 cm³/mol. The molecule has 2 amide bonds. The molecule has 122 valence electrons. The summed E-state index contributed by atoms with van der Waals surface area (Å²) in [6, 6.07) is 0. The molecule has 3 rings (SSSR count). The molecule has 1 aliphatic rings. The van der Waals surface area contributed by atoms with Gasteiger partial charge in [-0.3, -0.25) is 14.3 Å². The number of halogens is 1. The van der Waals surface area contributed by atoms with Crippen LogP contribution >= 0.6 is 27.3 Å². The minimum atomic E-state index is -0.483. The van der Waals surface area contributed by atoms with Crippen molar-refractivity contribution in [2.75, 3.05) is 5.32 Å². The van der Waals surface area contributed by atoms with Crippen LogP contribution in [0.4, 0.5) is 5.00 Å². The standard InChI is InChI=1S/C15H17BrN4O2S/c1-20-12(9(16)7-18-20)14(22)19-15-11(13(17)21)8-5-3-2-4-6-10(8)23-15/h7H,2-6H2,1H3,(H2,17,21)(H,19,22). The number of nitrogens with one attached hydrogen (secondary N) is 1. The first-order valence-corrected chi connectivity index (χ1v) is 9.03. The van der Waals surface area contributed by atoms with Crippen LogP contribution in [0, 0.1) is 0 Å². The van der Waals surface area contributed by atoms with Gasteiger partial charge in [-0.2, -0.15) is 5.10 Å². The lowest BCUT2D eigenvalue weighted by molar-refractivity contribution is 0.100. The van der Waals surface area contributed by atoms with E-state index in [1.54, 1.807) is 13.2 Å². The third-order valence-electron chi connectivity index (χ3n) is 4.00. The summed E-state index contributed by atoms with van der Waals surface area (Å²) in [5, 5.41) is 7.42. The van der Waals surface area contributed by atoms with Gasteiger partial charge in [-0.25, -0.2) is 0 Å². The fraction of sp³-hybridized carbons (Fsp3) is 0.400. The number of nitrogens with two attached hydrogens (primary N) is 1. The van der Waals surface area contributed by atoms with Crippen LogP contribution in [0.25, 0.3) is 0 Å². The topological polar surface area (TPSA) is 90.0 Å². The lowest BCUT2D eigenvalue weighted by Gasteiger charge is -2.07. The third-order valence-corrected chi connectivity index (χ3v) is 5.79. The van der Waals surface area contributed by atoms with Crippen molar-refractivity contribution in [1.29, 1.82) is 0 Å². The second kappa shape index (κ2) is 6.45. The molecule has 8 heteroatoms. The maximum Gasteiger partial charge on any atom is 0.275 e.